The fourth-order valence-electron chi connectivity index (χ4n) is 7.06. The maximum absolute atomic E-state index is 13.0. The lowest BCUT2D eigenvalue weighted by Crippen LogP contribution is -2.38. The Morgan fingerprint density at radius 3 is 1.91 bits per heavy atom. The molecule has 2 heterocycles. The molecule has 3 fully saturated rings. The molecule has 14 heteroatoms. The van der Waals surface area contributed by atoms with Crippen LogP contribution in [0.2, 0.25) is 15.1 Å². The number of nitrogens with zero attached hydrogens (tertiary/aromatic N) is 2. The molecule has 1 aliphatic carbocycles. The molecule has 2 aromatic carbocycles. The second-order valence-corrected chi connectivity index (χ2v) is 17.8. The van der Waals surface area contributed by atoms with E-state index >= 15 is 0 Å². The van der Waals surface area contributed by atoms with Gasteiger partial charge in [0, 0.05) is 32.2 Å². The molecule has 46 heavy (non-hydrogen) atoms. The van der Waals surface area contributed by atoms with Crippen molar-refractivity contribution in [3.63, 3.8) is 0 Å². The third-order valence-corrected chi connectivity index (χ3v) is 14.3. The van der Waals surface area contributed by atoms with Gasteiger partial charge in [-0.1, -0.05) is 60.5 Å². The number of carboxylic acid groups (broad SMARTS) is 1. The first kappa shape index (κ1) is 35.7. The lowest BCUT2D eigenvalue weighted by Gasteiger charge is -2.34. The number of rotatable bonds is 12. The van der Waals surface area contributed by atoms with Crippen LogP contribution in [0, 0.1) is 17.8 Å². The molecule has 2 aromatic rings. The van der Waals surface area contributed by atoms with Crippen molar-refractivity contribution < 1.29 is 26.7 Å². The minimum atomic E-state index is -3.80. The van der Waals surface area contributed by atoms with Crippen LogP contribution in [0.3, 0.4) is 0 Å². The Bertz CT molecular complexity index is 1610. The van der Waals surface area contributed by atoms with Gasteiger partial charge in [-0.2, -0.15) is 4.31 Å². The maximum atomic E-state index is 13.0. The van der Waals surface area contributed by atoms with Crippen LogP contribution in [0.4, 0.5) is 5.69 Å². The summed E-state index contributed by atoms with van der Waals surface area (Å²) in [6.07, 6.45) is 9.66. The summed E-state index contributed by atoms with van der Waals surface area (Å²) in [5.74, 6) is -0.228. The smallest absolute Gasteiger partial charge is 0.306 e. The van der Waals surface area contributed by atoms with E-state index in [0.717, 1.165) is 63.7 Å². The summed E-state index contributed by atoms with van der Waals surface area (Å²) in [5, 5.41) is 10.2. The molecule has 0 radical (unpaired) electrons. The van der Waals surface area contributed by atoms with E-state index in [-0.39, 0.29) is 20.9 Å². The largest absolute Gasteiger partial charge is 0.481 e. The number of hydrogen-bond acceptors (Lipinski definition) is 6. The van der Waals surface area contributed by atoms with Crippen LogP contribution in [0.25, 0.3) is 0 Å². The highest BCUT2D eigenvalue weighted by Crippen LogP contribution is 2.35. The number of unbranched alkanes of at least 4 members (excludes halogenated alkanes) is 1. The molecular weight excluding hydrogens is 693 g/mol. The monoisotopic (exact) mass is 733 g/mol. The number of benzene rings is 2. The zero-order chi connectivity index (χ0) is 33.1. The number of anilines is 1. The predicted molar refractivity (Wildman–Crippen MR) is 182 cm³/mol. The third-order valence-electron chi connectivity index (χ3n) is 9.87. The average Bonchev–Trinajstić information content (AvgIpc) is 3.49. The van der Waals surface area contributed by atoms with Crippen LogP contribution in [0.1, 0.15) is 70.6 Å². The number of carboxylic acids is 1. The quantitative estimate of drug-likeness (QED) is 0.224. The molecule has 0 amide bonds. The van der Waals surface area contributed by atoms with E-state index in [4.69, 9.17) is 34.8 Å². The van der Waals surface area contributed by atoms with E-state index in [1.807, 2.05) is 0 Å². The molecular formula is C32H42Cl3N3O6S2. The number of halogens is 3. The van der Waals surface area contributed by atoms with Crippen molar-refractivity contribution in [3.05, 3.63) is 51.5 Å². The van der Waals surface area contributed by atoms with E-state index in [1.165, 1.54) is 30.7 Å². The van der Waals surface area contributed by atoms with E-state index < -0.39 is 31.9 Å². The number of aliphatic carboxylic acids is 1. The van der Waals surface area contributed by atoms with Crippen LogP contribution in [0.15, 0.2) is 46.2 Å². The number of hydrogen-bond donors (Lipinski definition) is 2. The first-order valence-corrected chi connectivity index (χ1v) is 20.1. The van der Waals surface area contributed by atoms with Crippen molar-refractivity contribution >= 4 is 66.5 Å². The van der Waals surface area contributed by atoms with Gasteiger partial charge in [-0.3, -0.25) is 4.79 Å². The molecule has 0 aromatic heterocycles. The van der Waals surface area contributed by atoms with E-state index in [2.05, 4.69) is 9.62 Å². The van der Waals surface area contributed by atoms with E-state index in [1.54, 1.807) is 16.4 Å². The van der Waals surface area contributed by atoms with E-state index in [0.29, 0.717) is 54.2 Å². The number of carbonyl (C=O) groups is 1. The number of nitrogens with one attached hydrogen (secondary N) is 1. The highest BCUT2D eigenvalue weighted by Gasteiger charge is 2.33. The van der Waals surface area contributed by atoms with Gasteiger partial charge in [-0.15, -0.1) is 0 Å². The predicted octanol–water partition coefficient (Wildman–Crippen LogP) is 7.06. The Morgan fingerprint density at radius 2 is 1.35 bits per heavy atom. The van der Waals surface area contributed by atoms with Crippen LogP contribution >= 0.6 is 34.8 Å². The fraction of sp³-hybridized carbons (Fsp3) is 0.594. The number of sulfonamides is 2. The molecule has 2 aliphatic heterocycles. The molecule has 9 nitrogen and oxygen atoms in total. The van der Waals surface area contributed by atoms with E-state index in [9.17, 15) is 26.7 Å². The Kier molecular flexibility index (Phi) is 11.9. The first-order valence-electron chi connectivity index (χ1n) is 16.1. The third kappa shape index (κ3) is 8.70. The highest BCUT2D eigenvalue weighted by molar-refractivity contribution is 7.89. The summed E-state index contributed by atoms with van der Waals surface area (Å²) < 4.78 is 56.2. The van der Waals surface area contributed by atoms with Gasteiger partial charge in [0.2, 0.25) is 20.0 Å². The summed E-state index contributed by atoms with van der Waals surface area (Å²) in [6.45, 7) is 2.76. The lowest BCUT2D eigenvalue weighted by atomic mass is 9.88. The molecule has 3 aliphatic rings. The van der Waals surface area contributed by atoms with Crippen molar-refractivity contribution in [3.8, 4) is 0 Å². The van der Waals surface area contributed by atoms with Crippen molar-refractivity contribution in [2.75, 3.05) is 31.1 Å². The van der Waals surface area contributed by atoms with Crippen molar-refractivity contribution in [1.29, 1.82) is 0 Å². The Labute approximate surface area is 287 Å². The zero-order valence-electron chi connectivity index (χ0n) is 25.7. The van der Waals surface area contributed by atoms with Crippen LogP contribution in [-0.4, -0.2) is 64.4 Å². The molecule has 2 saturated heterocycles. The molecule has 2 N–H and O–H groups in total. The summed E-state index contributed by atoms with van der Waals surface area (Å²) in [5.41, 5.74) is 0.832. The second kappa shape index (κ2) is 15.3. The van der Waals surface area contributed by atoms with Crippen molar-refractivity contribution in [2.24, 2.45) is 17.8 Å². The summed E-state index contributed by atoms with van der Waals surface area (Å²) in [7, 11) is -7.38. The van der Waals surface area contributed by atoms with Gasteiger partial charge in [0.1, 0.15) is 0 Å². The van der Waals surface area contributed by atoms with Crippen LogP contribution in [-0.2, 0) is 24.8 Å². The normalized spacial score (nSPS) is 22.4. The number of piperidine rings is 2. The van der Waals surface area contributed by atoms with Gasteiger partial charge in [-0.25, -0.2) is 21.6 Å². The Morgan fingerprint density at radius 1 is 0.761 bits per heavy atom. The van der Waals surface area contributed by atoms with Crippen LogP contribution < -0.4 is 9.62 Å². The Balaban J connectivity index is 1.01. The van der Waals surface area contributed by atoms with Gasteiger partial charge >= 0.3 is 5.97 Å². The average molecular weight is 735 g/mol. The SMILES string of the molecule is O=C(O)C1CCC(NS(=O)(=O)c2ccc(N3CCC(CCCCC4CCN(S(=O)(=O)c5ccc(Cl)c(Cl)c5)CC4)CC3)c(Cl)c2)C1. The molecule has 254 valence electrons. The van der Waals surface area contributed by atoms with Gasteiger partial charge in [0.15, 0.2) is 0 Å². The molecule has 5 rings (SSSR count). The van der Waals surface area contributed by atoms with Gasteiger partial charge in [0.25, 0.3) is 0 Å². The van der Waals surface area contributed by atoms with Gasteiger partial charge in [-0.05, 0) is 93.2 Å². The van der Waals surface area contributed by atoms with Crippen molar-refractivity contribution in [2.45, 2.75) is 86.5 Å². The second-order valence-electron chi connectivity index (χ2n) is 12.9. The molecule has 2 atom stereocenters. The maximum Gasteiger partial charge on any atom is 0.306 e. The zero-order valence-corrected chi connectivity index (χ0v) is 29.6. The molecule has 2 unspecified atom stereocenters. The minimum absolute atomic E-state index is 0.0914. The summed E-state index contributed by atoms with van der Waals surface area (Å²) in [4.78, 5) is 13.7. The molecule has 0 bridgehead atoms. The minimum Gasteiger partial charge on any atom is -0.481 e. The lowest BCUT2D eigenvalue weighted by molar-refractivity contribution is -0.141. The highest BCUT2D eigenvalue weighted by atomic mass is 35.5. The summed E-state index contributed by atoms with van der Waals surface area (Å²) >= 11 is 18.6. The Hall–Kier alpha value is -1.60. The molecule has 1 saturated carbocycles. The van der Waals surface area contributed by atoms with Gasteiger partial charge < -0.3 is 10.0 Å². The van der Waals surface area contributed by atoms with Crippen molar-refractivity contribution in [1.82, 2.24) is 9.03 Å². The molecule has 0 spiro atoms. The topological polar surface area (TPSA) is 124 Å². The first-order chi connectivity index (χ1) is 21.8. The summed E-state index contributed by atoms with van der Waals surface area (Å²) in [6, 6.07) is 8.90. The van der Waals surface area contributed by atoms with Crippen LogP contribution in [0.5, 0.6) is 0 Å². The van der Waals surface area contributed by atoms with Gasteiger partial charge in [0.05, 0.1) is 36.5 Å². The standard InChI is InChI=1S/C32H42Cl3N3O6S2/c33-28-9-7-27(21-29(28)34)46(43,44)38-17-13-23(14-18-38)4-2-1-3-22-11-15-37(16-12-22)31-10-8-26(20-30(31)35)45(41,42)36-25-6-5-24(19-25)32(39)40/h7-10,20-25,36H,1-6,11-19H2,(H,39,40). The fourth-order valence-corrected chi connectivity index (χ4v) is 10.6.